The minimum atomic E-state index is -0.311. The van der Waals surface area contributed by atoms with Gasteiger partial charge in [0.25, 0.3) is 0 Å². The molecule has 1 saturated carbocycles. The van der Waals surface area contributed by atoms with Crippen LogP contribution >= 0.6 is 0 Å². The highest BCUT2D eigenvalue weighted by Crippen LogP contribution is 2.40. The summed E-state index contributed by atoms with van der Waals surface area (Å²) in [6.45, 7) is 4.61. The summed E-state index contributed by atoms with van der Waals surface area (Å²) < 4.78 is 11.1. The van der Waals surface area contributed by atoms with E-state index in [9.17, 15) is 0 Å². The molecule has 1 aliphatic carbocycles. The molecule has 0 aromatic carbocycles. The van der Waals surface area contributed by atoms with Crippen LogP contribution in [-0.4, -0.2) is 22.8 Å². The van der Waals surface area contributed by atoms with Crippen molar-refractivity contribution in [3.63, 3.8) is 0 Å². The summed E-state index contributed by atoms with van der Waals surface area (Å²) in [6, 6.07) is 0.0370. The fourth-order valence-electron chi connectivity index (χ4n) is 2.45. The molecule has 0 spiro atoms. The van der Waals surface area contributed by atoms with Crippen LogP contribution in [0.3, 0.4) is 0 Å². The van der Waals surface area contributed by atoms with Crippen LogP contribution in [0.4, 0.5) is 0 Å². The Labute approximate surface area is 102 Å². The molecule has 0 radical (unpaired) electrons. The molecule has 0 bridgehead atoms. The SMILES string of the molecule is CCOC1(c2noc(CC(C)N)n2)CCCC1. The van der Waals surface area contributed by atoms with E-state index in [1.165, 1.54) is 0 Å². The van der Waals surface area contributed by atoms with Gasteiger partial charge < -0.3 is 15.0 Å². The van der Waals surface area contributed by atoms with E-state index >= 15 is 0 Å². The molecule has 1 aliphatic rings. The Bertz CT molecular complexity index is 356. The zero-order valence-corrected chi connectivity index (χ0v) is 10.6. The summed E-state index contributed by atoms with van der Waals surface area (Å²) in [7, 11) is 0. The average molecular weight is 239 g/mol. The van der Waals surface area contributed by atoms with Gasteiger partial charge in [0.1, 0.15) is 5.60 Å². The van der Waals surface area contributed by atoms with Crippen molar-refractivity contribution in [1.29, 1.82) is 0 Å². The van der Waals surface area contributed by atoms with Gasteiger partial charge >= 0.3 is 0 Å². The van der Waals surface area contributed by atoms with E-state index in [0.29, 0.717) is 24.7 Å². The van der Waals surface area contributed by atoms with Crippen LogP contribution in [0.2, 0.25) is 0 Å². The second kappa shape index (κ2) is 5.14. The molecule has 1 heterocycles. The first-order chi connectivity index (χ1) is 8.16. The highest BCUT2D eigenvalue weighted by molar-refractivity contribution is 5.04. The molecule has 96 valence electrons. The summed E-state index contributed by atoms with van der Waals surface area (Å²) in [4.78, 5) is 4.44. The van der Waals surface area contributed by atoms with Gasteiger partial charge in [0.05, 0.1) is 0 Å². The Hall–Kier alpha value is -0.940. The van der Waals surface area contributed by atoms with Gasteiger partial charge in [-0.2, -0.15) is 4.98 Å². The molecule has 1 aromatic rings. The van der Waals surface area contributed by atoms with Crippen molar-refractivity contribution in [3.8, 4) is 0 Å². The van der Waals surface area contributed by atoms with Crippen molar-refractivity contribution in [1.82, 2.24) is 10.1 Å². The van der Waals surface area contributed by atoms with Crippen molar-refractivity contribution >= 4 is 0 Å². The third-order valence-corrected chi connectivity index (χ3v) is 3.20. The van der Waals surface area contributed by atoms with Crippen LogP contribution in [0.5, 0.6) is 0 Å². The molecule has 2 N–H and O–H groups in total. The number of nitrogens with two attached hydrogens (primary N) is 1. The number of hydrogen-bond acceptors (Lipinski definition) is 5. The standard InChI is InChI=1S/C12H21N3O2/c1-3-16-12(6-4-5-7-12)11-14-10(17-15-11)8-9(2)13/h9H,3-8,13H2,1-2H3. The largest absolute Gasteiger partial charge is 0.367 e. The Morgan fingerprint density at radius 1 is 1.47 bits per heavy atom. The van der Waals surface area contributed by atoms with Crippen LogP contribution in [0, 0.1) is 0 Å². The second-order valence-corrected chi connectivity index (χ2v) is 4.83. The molecule has 2 rings (SSSR count). The average Bonchev–Trinajstić information content (AvgIpc) is 2.87. The van der Waals surface area contributed by atoms with E-state index in [1.54, 1.807) is 0 Å². The van der Waals surface area contributed by atoms with Gasteiger partial charge in [-0.15, -0.1) is 0 Å². The lowest BCUT2D eigenvalue weighted by atomic mass is 10.0. The van der Waals surface area contributed by atoms with E-state index in [4.69, 9.17) is 15.0 Å². The lowest BCUT2D eigenvalue weighted by Crippen LogP contribution is -2.28. The third-order valence-electron chi connectivity index (χ3n) is 3.20. The van der Waals surface area contributed by atoms with Crippen molar-refractivity contribution in [2.75, 3.05) is 6.61 Å². The third kappa shape index (κ3) is 2.66. The van der Waals surface area contributed by atoms with Gasteiger partial charge in [0.2, 0.25) is 11.7 Å². The Morgan fingerprint density at radius 2 is 2.18 bits per heavy atom. The summed E-state index contributed by atoms with van der Waals surface area (Å²) >= 11 is 0. The fraction of sp³-hybridized carbons (Fsp3) is 0.833. The van der Waals surface area contributed by atoms with E-state index in [-0.39, 0.29) is 11.6 Å². The van der Waals surface area contributed by atoms with Gasteiger partial charge in [-0.1, -0.05) is 5.16 Å². The topological polar surface area (TPSA) is 74.2 Å². The zero-order valence-electron chi connectivity index (χ0n) is 10.6. The summed E-state index contributed by atoms with van der Waals surface area (Å²) in [5.41, 5.74) is 5.41. The van der Waals surface area contributed by atoms with E-state index in [0.717, 1.165) is 25.7 Å². The highest BCUT2D eigenvalue weighted by atomic mass is 16.5. The molecule has 17 heavy (non-hydrogen) atoms. The minimum Gasteiger partial charge on any atom is -0.367 e. The zero-order chi connectivity index (χ0) is 12.3. The number of aromatic nitrogens is 2. The lowest BCUT2D eigenvalue weighted by molar-refractivity contribution is -0.0469. The molecule has 1 atom stereocenters. The summed E-state index contributed by atoms with van der Waals surface area (Å²) in [5, 5.41) is 4.08. The number of nitrogens with zero attached hydrogens (tertiary/aromatic N) is 2. The molecule has 1 fully saturated rings. The molecule has 1 aromatic heterocycles. The minimum absolute atomic E-state index is 0.0370. The normalized spacial score (nSPS) is 20.6. The van der Waals surface area contributed by atoms with Crippen LogP contribution < -0.4 is 5.73 Å². The van der Waals surface area contributed by atoms with Gasteiger partial charge in [-0.05, 0) is 39.5 Å². The van der Waals surface area contributed by atoms with Crippen molar-refractivity contribution in [2.24, 2.45) is 5.73 Å². The predicted octanol–water partition coefficient (Wildman–Crippen LogP) is 1.77. The highest BCUT2D eigenvalue weighted by Gasteiger charge is 2.40. The van der Waals surface area contributed by atoms with Gasteiger partial charge in [0.15, 0.2) is 0 Å². The van der Waals surface area contributed by atoms with Crippen LogP contribution in [0.1, 0.15) is 51.2 Å². The first kappa shape index (κ1) is 12.5. The molecule has 1 unspecified atom stereocenters. The second-order valence-electron chi connectivity index (χ2n) is 4.83. The molecule has 0 amide bonds. The fourth-order valence-corrected chi connectivity index (χ4v) is 2.45. The molecule has 5 heteroatoms. The van der Waals surface area contributed by atoms with Crippen molar-refractivity contribution in [2.45, 2.75) is 57.6 Å². The Morgan fingerprint density at radius 3 is 2.76 bits per heavy atom. The van der Waals surface area contributed by atoms with Crippen molar-refractivity contribution < 1.29 is 9.26 Å². The van der Waals surface area contributed by atoms with E-state index in [1.807, 2.05) is 13.8 Å². The monoisotopic (exact) mass is 239 g/mol. The Balaban J connectivity index is 2.16. The van der Waals surface area contributed by atoms with Crippen molar-refractivity contribution in [3.05, 3.63) is 11.7 Å². The molecular formula is C12H21N3O2. The van der Waals surface area contributed by atoms with E-state index in [2.05, 4.69) is 10.1 Å². The molecule has 0 aliphatic heterocycles. The quantitative estimate of drug-likeness (QED) is 0.847. The molecule has 5 nitrogen and oxygen atoms in total. The first-order valence-corrected chi connectivity index (χ1v) is 6.39. The van der Waals surface area contributed by atoms with Crippen LogP contribution in [0.15, 0.2) is 4.52 Å². The lowest BCUT2D eigenvalue weighted by Gasteiger charge is -2.24. The maximum Gasteiger partial charge on any atom is 0.228 e. The molecular weight excluding hydrogens is 218 g/mol. The number of ether oxygens (including phenoxy) is 1. The van der Waals surface area contributed by atoms with Crippen LogP contribution in [-0.2, 0) is 16.8 Å². The van der Waals surface area contributed by atoms with Crippen LogP contribution in [0.25, 0.3) is 0 Å². The van der Waals surface area contributed by atoms with E-state index < -0.39 is 0 Å². The maximum absolute atomic E-state index is 5.88. The maximum atomic E-state index is 5.88. The predicted molar refractivity (Wildman–Crippen MR) is 63.4 cm³/mol. The smallest absolute Gasteiger partial charge is 0.228 e. The van der Waals surface area contributed by atoms with Gasteiger partial charge in [-0.3, -0.25) is 0 Å². The number of rotatable bonds is 5. The summed E-state index contributed by atoms with van der Waals surface area (Å²) in [6.07, 6.45) is 4.92. The van der Waals surface area contributed by atoms with Gasteiger partial charge in [-0.25, -0.2) is 0 Å². The molecule has 0 saturated heterocycles. The number of hydrogen-bond donors (Lipinski definition) is 1. The first-order valence-electron chi connectivity index (χ1n) is 6.39. The summed E-state index contributed by atoms with van der Waals surface area (Å²) in [5.74, 6) is 1.31. The van der Waals surface area contributed by atoms with Gasteiger partial charge in [0, 0.05) is 19.1 Å². The Kier molecular flexibility index (Phi) is 3.79.